The van der Waals surface area contributed by atoms with Crippen LogP contribution in [0.4, 0.5) is 9.18 Å². The maximum atomic E-state index is 14.2. The zero-order chi connectivity index (χ0) is 14.6. The fourth-order valence-corrected chi connectivity index (χ4v) is 2.57. The summed E-state index contributed by atoms with van der Waals surface area (Å²) in [5, 5.41) is 2.41. The van der Waals surface area contributed by atoms with Crippen LogP contribution in [-0.2, 0) is 20.9 Å². The van der Waals surface area contributed by atoms with Gasteiger partial charge in [-0.25, -0.2) is 14.0 Å². The van der Waals surface area contributed by atoms with Crippen LogP contribution in [0, 0.1) is 0 Å². The topological polar surface area (TPSA) is 64.6 Å². The van der Waals surface area contributed by atoms with Crippen molar-refractivity contribution < 1.29 is 23.5 Å². The van der Waals surface area contributed by atoms with Gasteiger partial charge in [0.1, 0.15) is 6.61 Å². The number of ether oxygens (including phenoxy) is 2. The Kier molecular flexibility index (Phi) is 4.92. The number of alkyl halides is 2. The number of carbonyl (C=O) groups is 2. The van der Waals surface area contributed by atoms with Gasteiger partial charge in [0.25, 0.3) is 5.79 Å². The summed E-state index contributed by atoms with van der Waals surface area (Å²) >= 11 is 1.81. The number of carbonyl (C=O) groups excluding carboxylic acids is 2. The summed E-state index contributed by atoms with van der Waals surface area (Å²) in [5.41, 5.74) is 0.748. The number of esters is 1. The molecule has 7 heteroatoms. The lowest BCUT2D eigenvalue weighted by Crippen LogP contribution is -2.50. The zero-order valence-corrected chi connectivity index (χ0v) is 12.6. The van der Waals surface area contributed by atoms with Crippen molar-refractivity contribution in [1.29, 1.82) is 0 Å². The van der Waals surface area contributed by atoms with Gasteiger partial charge in [-0.05, 0) is 18.5 Å². The molecule has 1 saturated heterocycles. The van der Waals surface area contributed by atoms with E-state index in [0.29, 0.717) is 13.0 Å². The first-order valence-corrected chi connectivity index (χ1v) is 7.28. The van der Waals surface area contributed by atoms with Gasteiger partial charge < -0.3 is 9.47 Å². The molecule has 1 aliphatic rings. The molecular formula is C13H13FINO4. The Labute approximate surface area is 129 Å². The Balaban J connectivity index is 1.84. The Morgan fingerprint density at radius 1 is 1.40 bits per heavy atom. The van der Waals surface area contributed by atoms with Crippen molar-refractivity contribution >= 4 is 34.7 Å². The predicted molar refractivity (Wildman–Crippen MR) is 77.0 cm³/mol. The Morgan fingerprint density at radius 3 is 2.70 bits per heavy atom. The maximum absolute atomic E-state index is 14.2. The maximum Gasteiger partial charge on any atom is 0.516 e. The lowest BCUT2D eigenvalue weighted by atomic mass is 10.2. The molecule has 1 aliphatic heterocycles. The van der Waals surface area contributed by atoms with Gasteiger partial charge in [-0.15, -0.1) is 0 Å². The lowest BCUT2D eigenvalue weighted by molar-refractivity contribution is -0.154. The van der Waals surface area contributed by atoms with E-state index in [-0.39, 0.29) is 6.61 Å². The molecule has 0 radical (unpaired) electrons. The molecular weight excluding hydrogens is 380 g/mol. The van der Waals surface area contributed by atoms with Gasteiger partial charge in [0.2, 0.25) is 0 Å². The van der Waals surface area contributed by atoms with Crippen LogP contribution in [0.5, 0.6) is 0 Å². The molecule has 0 aromatic heterocycles. The van der Waals surface area contributed by atoms with E-state index in [2.05, 4.69) is 10.1 Å². The van der Waals surface area contributed by atoms with E-state index in [0.717, 1.165) is 5.56 Å². The average Bonchev–Trinajstić information content (AvgIpc) is 2.79. The predicted octanol–water partition coefficient (Wildman–Crippen LogP) is 2.33. The van der Waals surface area contributed by atoms with Crippen LogP contribution in [-0.4, -0.2) is 28.4 Å². The fourth-order valence-electron chi connectivity index (χ4n) is 1.79. The van der Waals surface area contributed by atoms with Gasteiger partial charge >= 0.3 is 12.1 Å². The van der Waals surface area contributed by atoms with Crippen molar-refractivity contribution in [3.8, 4) is 0 Å². The van der Waals surface area contributed by atoms with E-state index >= 15 is 0 Å². The van der Waals surface area contributed by atoms with E-state index in [1.54, 1.807) is 24.3 Å². The number of benzene rings is 1. The highest BCUT2D eigenvalue weighted by Gasteiger charge is 2.51. The summed E-state index contributed by atoms with van der Waals surface area (Å²) in [6.07, 6.45) is -0.709. The highest BCUT2D eigenvalue weighted by Crippen LogP contribution is 2.30. The second-order valence-corrected chi connectivity index (χ2v) is 5.81. The zero-order valence-electron chi connectivity index (χ0n) is 10.5. The number of hydrogen-bond acceptors (Lipinski definition) is 5. The molecule has 1 N–H and O–H groups in total. The molecule has 108 valence electrons. The minimum Gasteiger partial charge on any atom is -0.429 e. The largest absolute Gasteiger partial charge is 0.516 e. The van der Waals surface area contributed by atoms with Crippen LogP contribution in [0.15, 0.2) is 30.3 Å². The first kappa shape index (κ1) is 15.2. The van der Waals surface area contributed by atoms with Gasteiger partial charge in [0.15, 0.2) is 0 Å². The summed E-state index contributed by atoms with van der Waals surface area (Å²) in [4.78, 5) is 23.0. The minimum absolute atomic E-state index is 0.0344. The summed E-state index contributed by atoms with van der Waals surface area (Å²) in [6, 6.07) is 8.91. The van der Waals surface area contributed by atoms with Crippen LogP contribution in [0.1, 0.15) is 12.0 Å². The van der Waals surface area contributed by atoms with E-state index < -0.39 is 21.8 Å². The highest BCUT2D eigenvalue weighted by atomic mass is 127. The molecule has 2 atom stereocenters. The Morgan fingerprint density at radius 2 is 2.10 bits per heavy atom. The van der Waals surface area contributed by atoms with Crippen molar-refractivity contribution in [1.82, 2.24) is 5.32 Å². The molecule has 5 nitrogen and oxygen atoms in total. The molecule has 0 spiro atoms. The van der Waals surface area contributed by atoms with Crippen LogP contribution in [0.3, 0.4) is 0 Å². The third-order valence-electron chi connectivity index (χ3n) is 2.88. The van der Waals surface area contributed by atoms with Gasteiger partial charge in [-0.1, -0.05) is 52.9 Å². The molecule has 1 aromatic carbocycles. The number of rotatable bonds is 3. The fraction of sp³-hybridized carbons (Fsp3) is 0.385. The molecule has 1 unspecified atom stereocenters. The van der Waals surface area contributed by atoms with Gasteiger partial charge in [-0.2, -0.15) is 0 Å². The van der Waals surface area contributed by atoms with Crippen LogP contribution in [0.25, 0.3) is 0 Å². The minimum atomic E-state index is -2.33. The summed E-state index contributed by atoms with van der Waals surface area (Å²) < 4.78 is 22.8. The molecule has 1 heterocycles. The highest BCUT2D eigenvalue weighted by molar-refractivity contribution is 14.1. The molecule has 0 bridgehead atoms. The Bertz CT molecular complexity index is 498. The van der Waals surface area contributed by atoms with Crippen molar-refractivity contribution in [2.75, 3.05) is 6.54 Å². The van der Waals surface area contributed by atoms with Gasteiger partial charge in [0.05, 0.1) is 3.92 Å². The van der Waals surface area contributed by atoms with E-state index in [9.17, 15) is 14.0 Å². The molecule has 0 saturated carbocycles. The second kappa shape index (κ2) is 6.49. The monoisotopic (exact) mass is 393 g/mol. The molecule has 20 heavy (non-hydrogen) atoms. The van der Waals surface area contributed by atoms with Crippen molar-refractivity contribution in [2.45, 2.75) is 22.7 Å². The molecule has 0 amide bonds. The summed E-state index contributed by atoms with van der Waals surface area (Å²) in [7, 11) is 0. The van der Waals surface area contributed by atoms with Crippen molar-refractivity contribution in [3.05, 3.63) is 35.9 Å². The van der Waals surface area contributed by atoms with Crippen LogP contribution >= 0.6 is 22.6 Å². The third kappa shape index (κ3) is 3.45. The van der Waals surface area contributed by atoms with Crippen molar-refractivity contribution in [3.63, 3.8) is 0 Å². The standard InChI is InChI=1S/C13H13FINO4/c14-13(10(15)6-7-16-13)11(17)20-12(18)19-8-9-4-2-1-3-5-9/h1-5,10,16H,6-8H2/t10?,13-/m0/s1. The van der Waals surface area contributed by atoms with Crippen LogP contribution < -0.4 is 5.32 Å². The molecule has 0 aliphatic carbocycles. The quantitative estimate of drug-likeness (QED) is 0.281. The van der Waals surface area contributed by atoms with Crippen LogP contribution in [0.2, 0.25) is 0 Å². The number of halogens is 2. The number of nitrogens with one attached hydrogen (secondary N) is 1. The van der Waals surface area contributed by atoms with Gasteiger partial charge in [-0.3, -0.25) is 5.32 Å². The Hall–Kier alpha value is -1.22. The lowest BCUT2D eigenvalue weighted by Gasteiger charge is -2.20. The second-order valence-electron chi connectivity index (χ2n) is 4.31. The SMILES string of the molecule is O=C(OCc1ccccc1)OC(=O)[C@@]1(F)NCCC1I. The average molecular weight is 393 g/mol. The van der Waals surface area contributed by atoms with Gasteiger partial charge in [0, 0.05) is 0 Å². The summed E-state index contributed by atoms with van der Waals surface area (Å²) in [6.45, 7) is 0.325. The smallest absolute Gasteiger partial charge is 0.429 e. The molecule has 1 aromatic rings. The van der Waals surface area contributed by atoms with E-state index in [1.165, 1.54) is 0 Å². The normalized spacial score (nSPS) is 25.2. The van der Waals surface area contributed by atoms with E-state index in [4.69, 9.17) is 4.74 Å². The first-order chi connectivity index (χ1) is 9.52. The van der Waals surface area contributed by atoms with E-state index in [1.807, 2.05) is 28.7 Å². The third-order valence-corrected chi connectivity index (χ3v) is 4.37. The first-order valence-electron chi connectivity index (χ1n) is 6.03. The molecule has 2 rings (SSSR count). The summed E-state index contributed by atoms with van der Waals surface area (Å²) in [5.74, 6) is -3.58. The molecule has 1 fully saturated rings. The number of hydrogen-bond donors (Lipinski definition) is 1. The van der Waals surface area contributed by atoms with Crippen molar-refractivity contribution in [2.24, 2.45) is 0 Å².